The number of aromatic nitrogens is 6. The van der Waals surface area contributed by atoms with E-state index in [1.54, 1.807) is 7.05 Å². The predicted octanol–water partition coefficient (Wildman–Crippen LogP) is 4.27. The van der Waals surface area contributed by atoms with Gasteiger partial charge in [0.2, 0.25) is 5.82 Å². The van der Waals surface area contributed by atoms with Crippen molar-refractivity contribution in [3.05, 3.63) is 70.8 Å². The number of nitrogens with one attached hydrogen (secondary N) is 2. The lowest BCUT2D eigenvalue weighted by atomic mass is 9.97. The third-order valence-electron chi connectivity index (χ3n) is 6.58. The Morgan fingerprint density at radius 1 is 1.18 bits per heavy atom. The van der Waals surface area contributed by atoms with Crippen molar-refractivity contribution in [3.63, 3.8) is 0 Å². The standard InChI is InChI=1S/C28H32ClN7O4/c1-3-4-10-24-31-26(29)23(17-40-28(39)22(30-2)13-14-25(37)38)36(24)16-18-11-12-20(19-8-6-5-7-9-19)21(15-18)27-32-34-35-33-27/h5-9,11-12,15,22,30H,3-4,10,13-14,16-17H2,1-2H3,(H,37,38)(H,32,33,34,35)/t22-/m1/s1. The molecule has 2 heterocycles. The van der Waals surface area contributed by atoms with E-state index < -0.39 is 18.0 Å². The van der Waals surface area contributed by atoms with Gasteiger partial charge in [-0.1, -0.05) is 67.4 Å². The number of likely N-dealkylation sites (N-methyl/N-ethyl adjacent to an activating group) is 1. The molecule has 2 aromatic carbocycles. The summed E-state index contributed by atoms with van der Waals surface area (Å²) in [5.74, 6) is -0.256. The van der Waals surface area contributed by atoms with Crippen molar-refractivity contribution >= 4 is 23.5 Å². The Hall–Kier alpha value is -4.09. The Kier molecular flexibility index (Phi) is 9.98. The maximum absolute atomic E-state index is 12.7. The van der Waals surface area contributed by atoms with E-state index in [1.165, 1.54) is 0 Å². The maximum Gasteiger partial charge on any atom is 0.323 e. The van der Waals surface area contributed by atoms with Gasteiger partial charge in [-0.05, 0) is 47.9 Å². The number of halogens is 1. The zero-order valence-corrected chi connectivity index (χ0v) is 23.2. The molecule has 12 heteroatoms. The summed E-state index contributed by atoms with van der Waals surface area (Å²) in [6.07, 6.45) is 2.58. The highest BCUT2D eigenvalue weighted by Gasteiger charge is 2.23. The van der Waals surface area contributed by atoms with Crippen molar-refractivity contribution in [3.8, 4) is 22.5 Å². The first-order chi connectivity index (χ1) is 19.4. The summed E-state index contributed by atoms with van der Waals surface area (Å²) >= 11 is 6.56. The van der Waals surface area contributed by atoms with Gasteiger partial charge in [-0.25, -0.2) is 4.98 Å². The van der Waals surface area contributed by atoms with Crippen LogP contribution in [0.2, 0.25) is 5.15 Å². The van der Waals surface area contributed by atoms with Crippen LogP contribution in [0, 0.1) is 0 Å². The molecule has 2 aromatic heterocycles. The highest BCUT2D eigenvalue weighted by atomic mass is 35.5. The van der Waals surface area contributed by atoms with Crippen molar-refractivity contribution in [1.29, 1.82) is 0 Å². The predicted molar refractivity (Wildman–Crippen MR) is 150 cm³/mol. The Morgan fingerprint density at radius 2 is 1.98 bits per heavy atom. The Labute approximate surface area is 236 Å². The lowest BCUT2D eigenvalue weighted by molar-refractivity contribution is -0.148. The number of carboxylic acids is 1. The number of carbonyl (C=O) groups is 2. The minimum absolute atomic E-state index is 0.0954. The van der Waals surface area contributed by atoms with E-state index in [9.17, 15) is 9.59 Å². The summed E-state index contributed by atoms with van der Waals surface area (Å²) in [4.78, 5) is 28.2. The molecule has 4 rings (SSSR count). The molecule has 0 bridgehead atoms. The van der Waals surface area contributed by atoms with E-state index in [0.29, 0.717) is 24.5 Å². The summed E-state index contributed by atoms with van der Waals surface area (Å²) in [7, 11) is 1.59. The molecule has 3 N–H and O–H groups in total. The molecule has 0 aliphatic rings. The van der Waals surface area contributed by atoms with Gasteiger partial charge in [0.15, 0.2) is 5.15 Å². The first-order valence-corrected chi connectivity index (χ1v) is 13.5. The Bertz CT molecular complexity index is 1420. The fraction of sp³-hybridized carbons (Fsp3) is 0.357. The Balaban J connectivity index is 1.64. The summed E-state index contributed by atoms with van der Waals surface area (Å²) in [6.45, 7) is 2.44. The zero-order chi connectivity index (χ0) is 28.5. The minimum Gasteiger partial charge on any atom is -0.481 e. The Morgan fingerprint density at radius 3 is 2.65 bits per heavy atom. The highest BCUT2D eigenvalue weighted by Crippen LogP contribution is 2.32. The number of unbranched alkanes of at least 4 members (excludes halogenated alkanes) is 1. The molecule has 0 aliphatic carbocycles. The van der Waals surface area contributed by atoms with Crippen LogP contribution in [-0.4, -0.2) is 60.3 Å². The van der Waals surface area contributed by atoms with Crippen LogP contribution in [0.5, 0.6) is 0 Å². The van der Waals surface area contributed by atoms with Gasteiger partial charge in [0.1, 0.15) is 18.5 Å². The summed E-state index contributed by atoms with van der Waals surface area (Å²) < 4.78 is 7.56. The molecule has 0 amide bonds. The van der Waals surface area contributed by atoms with E-state index in [1.807, 2.05) is 53.1 Å². The number of aryl methyl sites for hydroxylation is 1. The molecule has 4 aromatic rings. The molecule has 0 unspecified atom stereocenters. The molecular formula is C28H32ClN7O4. The number of aliphatic carboxylic acids is 1. The fourth-order valence-corrected chi connectivity index (χ4v) is 4.70. The normalized spacial score (nSPS) is 11.9. The number of carboxylic acid groups (broad SMARTS) is 1. The van der Waals surface area contributed by atoms with Gasteiger partial charge < -0.3 is 19.7 Å². The minimum atomic E-state index is -0.979. The number of esters is 1. The number of hydrogen-bond acceptors (Lipinski definition) is 8. The van der Waals surface area contributed by atoms with Crippen molar-refractivity contribution in [2.24, 2.45) is 0 Å². The first kappa shape index (κ1) is 28.9. The maximum atomic E-state index is 12.7. The number of rotatable bonds is 14. The molecule has 0 fully saturated rings. The average molecular weight is 566 g/mol. The topological polar surface area (TPSA) is 148 Å². The molecule has 11 nitrogen and oxygen atoms in total. The van der Waals surface area contributed by atoms with Crippen LogP contribution in [0.3, 0.4) is 0 Å². The van der Waals surface area contributed by atoms with E-state index in [2.05, 4.69) is 37.8 Å². The molecule has 0 saturated heterocycles. The number of ether oxygens (including phenoxy) is 1. The SMILES string of the molecule is CCCCc1nc(Cl)c(COC(=O)[C@@H](CCC(=O)O)NC)n1Cc1ccc(-c2ccccc2)c(-c2nn[nH]n2)c1. The van der Waals surface area contributed by atoms with Crippen molar-refractivity contribution in [1.82, 2.24) is 35.5 Å². The largest absolute Gasteiger partial charge is 0.481 e. The monoisotopic (exact) mass is 565 g/mol. The number of nitrogens with zero attached hydrogens (tertiary/aromatic N) is 5. The number of benzene rings is 2. The number of aromatic amines is 1. The van der Waals surface area contributed by atoms with E-state index in [-0.39, 0.29) is 24.6 Å². The van der Waals surface area contributed by atoms with E-state index >= 15 is 0 Å². The quantitative estimate of drug-likeness (QED) is 0.191. The van der Waals surface area contributed by atoms with Crippen LogP contribution in [0.4, 0.5) is 0 Å². The van der Waals surface area contributed by atoms with Crippen LogP contribution < -0.4 is 5.32 Å². The number of imidazole rings is 1. The zero-order valence-electron chi connectivity index (χ0n) is 22.4. The number of tetrazole rings is 1. The molecular weight excluding hydrogens is 534 g/mol. The van der Waals surface area contributed by atoms with E-state index in [4.69, 9.17) is 21.4 Å². The van der Waals surface area contributed by atoms with Gasteiger partial charge in [-0.2, -0.15) is 5.21 Å². The van der Waals surface area contributed by atoms with Crippen LogP contribution in [0.1, 0.15) is 49.7 Å². The van der Waals surface area contributed by atoms with E-state index in [0.717, 1.165) is 40.9 Å². The molecule has 1 atom stereocenters. The van der Waals surface area contributed by atoms with Gasteiger partial charge in [0.05, 0.1) is 5.69 Å². The highest BCUT2D eigenvalue weighted by molar-refractivity contribution is 6.30. The van der Waals surface area contributed by atoms with Crippen LogP contribution in [0.15, 0.2) is 48.5 Å². The third-order valence-corrected chi connectivity index (χ3v) is 6.89. The smallest absolute Gasteiger partial charge is 0.323 e. The second kappa shape index (κ2) is 13.8. The summed E-state index contributed by atoms with van der Waals surface area (Å²) in [6, 6.07) is 15.3. The van der Waals surface area contributed by atoms with Gasteiger partial charge >= 0.3 is 11.9 Å². The summed E-state index contributed by atoms with van der Waals surface area (Å²) in [5.41, 5.74) is 4.34. The molecule has 0 spiro atoms. The van der Waals surface area contributed by atoms with Gasteiger partial charge in [0, 0.05) is 24.9 Å². The third kappa shape index (κ3) is 7.10. The number of H-pyrrole nitrogens is 1. The molecule has 210 valence electrons. The first-order valence-electron chi connectivity index (χ1n) is 13.1. The van der Waals surface area contributed by atoms with Gasteiger partial charge in [-0.3, -0.25) is 9.59 Å². The van der Waals surface area contributed by atoms with Crippen LogP contribution in [0.25, 0.3) is 22.5 Å². The molecule has 0 saturated carbocycles. The van der Waals surface area contributed by atoms with Crippen molar-refractivity contribution in [2.45, 2.75) is 58.2 Å². The molecule has 0 radical (unpaired) electrons. The molecule has 0 aliphatic heterocycles. The molecule has 40 heavy (non-hydrogen) atoms. The van der Waals surface area contributed by atoms with Gasteiger partial charge in [-0.15, -0.1) is 10.2 Å². The summed E-state index contributed by atoms with van der Waals surface area (Å²) in [5, 5.41) is 26.8. The fourth-order valence-electron chi connectivity index (χ4n) is 4.45. The van der Waals surface area contributed by atoms with Gasteiger partial charge in [0.25, 0.3) is 0 Å². The van der Waals surface area contributed by atoms with Crippen LogP contribution in [-0.2, 0) is 33.9 Å². The number of hydrogen-bond donors (Lipinski definition) is 3. The lowest BCUT2D eigenvalue weighted by Gasteiger charge is -2.17. The average Bonchev–Trinajstić information content (AvgIpc) is 3.59. The number of carbonyl (C=O) groups excluding carboxylic acids is 1. The second-order valence-electron chi connectivity index (χ2n) is 9.32. The second-order valence-corrected chi connectivity index (χ2v) is 9.68. The lowest BCUT2D eigenvalue weighted by Crippen LogP contribution is -2.36. The van der Waals surface area contributed by atoms with Crippen LogP contribution >= 0.6 is 11.6 Å². The van der Waals surface area contributed by atoms with Crippen molar-refractivity contribution in [2.75, 3.05) is 7.05 Å². The van der Waals surface area contributed by atoms with Crippen molar-refractivity contribution < 1.29 is 19.4 Å².